The second-order valence-corrected chi connectivity index (χ2v) is 5.57. The molecule has 0 aromatic carbocycles. The maximum atomic E-state index is 11.9. The molecule has 0 saturated carbocycles. The van der Waals surface area contributed by atoms with Gasteiger partial charge in [0.2, 0.25) is 0 Å². The van der Waals surface area contributed by atoms with Crippen LogP contribution in [0.25, 0.3) is 0 Å². The van der Waals surface area contributed by atoms with E-state index < -0.39 is 10.8 Å². The number of carbonyl (C=O) groups is 1. The van der Waals surface area contributed by atoms with Crippen LogP contribution in [0.2, 0.25) is 5.02 Å². The molecule has 2 N–H and O–H groups in total. The molecule has 7 heteroatoms. The largest absolute Gasteiger partial charge is 0.370 e. The van der Waals surface area contributed by atoms with Crippen molar-refractivity contribution in [2.24, 2.45) is 0 Å². The van der Waals surface area contributed by atoms with Gasteiger partial charge in [-0.1, -0.05) is 11.6 Å². The summed E-state index contributed by atoms with van der Waals surface area (Å²) in [6, 6.07) is 1.60. The molecule has 1 unspecified atom stereocenters. The molecule has 0 spiro atoms. The van der Waals surface area contributed by atoms with Crippen molar-refractivity contribution < 1.29 is 9.00 Å². The lowest BCUT2D eigenvalue weighted by atomic mass is 10.2. The van der Waals surface area contributed by atoms with Gasteiger partial charge in [0, 0.05) is 42.1 Å². The Labute approximate surface area is 114 Å². The van der Waals surface area contributed by atoms with Crippen LogP contribution in [0.15, 0.2) is 12.3 Å². The van der Waals surface area contributed by atoms with Crippen molar-refractivity contribution in [3.8, 4) is 0 Å². The minimum atomic E-state index is -0.924. The van der Waals surface area contributed by atoms with Gasteiger partial charge in [0.05, 0.1) is 10.6 Å². The number of pyridine rings is 1. The molecule has 0 aliphatic carbocycles. The number of halogens is 1. The lowest BCUT2D eigenvalue weighted by molar-refractivity contribution is 0.0956. The van der Waals surface area contributed by atoms with Gasteiger partial charge in [0.15, 0.2) is 0 Å². The van der Waals surface area contributed by atoms with E-state index in [9.17, 15) is 9.00 Å². The van der Waals surface area contributed by atoms with Crippen molar-refractivity contribution in [2.45, 2.75) is 6.92 Å². The molecule has 18 heavy (non-hydrogen) atoms. The summed E-state index contributed by atoms with van der Waals surface area (Å²) < 4.78 is 10.9. The van der Waals surface area contributed by atoms with Crippen LogP contribution in [0, 0.1) is 0 Å². The maximum Gasteiger partial charge on any atom is 0.253 e. The Bertz CT molecular complexity index is 454. The molecular weight excluding hydrogens is 274 g/mol. The third-order valence-electron chi connectivity index (χ3n) is 2.13. The molecule has 1 aromatic heterocycles. The van der Waals surface area contributed by atoms with Gasteiger partial charge >= 0.3 is 0 Å². The zero-order chi connectivity index (χ0) is 13.5. The molecule has 1 rings (SSSR count). The van der Waals surface area contributed by atoms with Gasteiger partial charge < -0.3 is 10.6 Å². The zero-order valence-electron chi connectivity index (χ0n) is 10.3. The van der Waals surface area contributed by atoms with E-state index in [1.165, 1.54) is 6.20 Å². The van der Waals surface area contributed by atoms with E-state index in [4.69, 9.17) is 11.6 Å². The van der Waals surface area contributed by atoms with E-state index in [-0.39, 0.29) is 5.91 Å². The second-order valence-electron chi connectivity index (χ2n) is 3.61. The summed E-state index contributed by atoms with van der Waals surface area (Å²) in [5, 5.41) is 5.97. The standard InChI is InChI=1S/C11H16ClN3O2S/c1-3-13-10-6-8(9(12)7-15-10)11(16)14-4-5-18(2)17/h6-7H,3-5H2,1-2H3,(H,13,15)(H,14,16). The number of anilines is 1. The van der Waals surface area contributed by atoms with Crippen molar-refractivity contribution in [1.82, 2.24) is 10.3 Å². The predicted molar refractivity (Wildman–Crippen MR) is 74.7 cm³/mol. The first-order chi connectivity index (χ1) is 8.54. The smallest absolute Gasteiger partial charge is 0.253 e. The highest BCUT2D eigenvalue weighted by atomic mass is 35.5. The molecule has 1 amide bonds. The van der Waals surface area contributed by atoms with Gasteiger partial charge in [-0.05, 0) is 13.0 Å². The molecule has 5 nitrogen and oxygen atoms in total. The highest BCUT2D eigenvalue weighted by Gasteiger charge is 2.11. The number of amides is 1. The highest BCUT2D eigenvalue weighted by Crippen LogP contribution is 2.17. The average molecular weight is 290 g/mol. The molecule has 0 bridgehead atoms. The van der Waals surface area contributed by atoms with Crippen LogP contribution in [-0.2, 0) is 10.8 Å². The molecule has 100 valence electrons. The van der Waals surface area contributed by atoms with E-state index in [1.54, 1.807) is 12.3 Å². The van der Waals surface area contributed by atoms with E-state index in [0.29, 0.717) is 35.2 Å². The molecule has 0 saturated heterocycles. The summed E-state index contributed by atoms with van der Waals surface area (Å²) in [6.45, 7) is 3.01. The number of nitrogens with one attached hydrogen (secondary N) is 2. The lowest BCUT2D eigenvalue weighted by Gasteiger charge is -2.08. The van der Waals surface area contributed by atoms with Crippen molar-refractivity contribution in [3.63, 3.8) is 0 Å². The summed E-state index contributed by atoms with van der Waals surface area (Å²) in [4.78, 5) is 15.9. The molecule has 1 heterocycles. The monoisotopic (exact) mass is 289 g/mol. The van der Waals surface area contributed by atoms with Crippen LogP contribution in [0.1, 0.15) is 17.3 Å². The van der Waals surface area contributed by atoms with Crippen LogP contribution in [0.4, 0.5) is 5.82 Å². The number of hydrogen-bond acceptors (Lipinski definition) is 4. The SMILES string of the molecule is CCNc1cc(C(=O)NCCS(C)=O)c(Cl)cn1. The Hall–Kier alpha value is -1.14. The fourth-order valence-corrected chi connectivity index (χ4v) is 1.87. The minimum Gasteiger partial charge on any atom is -0.370 e. The summed E-state index contributed by atoms with van der Waals surface area (Å²) in [5.41, 5.74) is 0.365. The Morgan fingerprint density at radius 1 is 1.56 bits per heavy atom. The number of aromatic nitrogens is 1. The zero-order valence-corrected chi connectivity index (χ0v) is 11.9. The molecule has 0 aliphatic rings. The first-order valence-corrected chi connectivity index (χ1v) is 7.62. The van der Waals surface area contributed by atoms with Crippen molar-refractivity contribution in [2.75, 3.05) is 30.4 Å². The molecule has 0 fully saturated rings. The third kappa shape index (κ3) is 4.62. The van der Waals surface area contributed by atoms with Gasteiger partial charge in [-0.25, -0.2) is 4.98 Å². The van der Waals surface area contributed by atoms with Gasteiger partial charge in [-0.2, -0.15) is 0 Å². The van der Waals surface area contributed by atoms with Gasteiger partial charge in [-0.15, -0.1) is 0 Å². The second kappa shape index (κ2) is 7.33. The fourth-order valence-electron chi connectivity index (χ4n) is 1.29. The fraction of sp³-hybridized carbons (Fsp3) is 0.455. The van der Waals surface area contributed by atoms with E-state index in [0.717, 1.165) is 0 Å². The molecule has 0 aliphatic heterocycles. The molecular formula is C11H16ClN3O2S. The van der Waals surface area contributed by atoms with Crippen molar-refractivity contribution >= 4 is 34.1 Å². The summed E-state index contributed by atoms with van der Waals surface area (Å²) >= 11 is 5.92. The first-order valence-electron chi connectivity index (χ1n) is 5.52. The first kappa shape index (κ1) is 14.9. The van der Waals surface area contributed by atoms with Gasteiger partial charge in [0.25, 0.3) is 5.91 Å². The number of nitrogens with zero attached hydrogens (tertiary/aromatic N) is 1. The van der Waals surface area contributed by atoms with Crippen LogP contribution < -0.4 is 10.6 Å². The van der Waals surface area contributed by atoms with Crippen molar-refractivity contribution in [1.29, 1.82) is 0 Å². The Morgan fingerprint density at radius 3 is 2.89 bits per heavy atom. The van der Waals surface area contributed by atoms with Crippen LogP contribution in [0.5, 0.6) is 0 Å². The van der Waals surface area contributed by atoms with Crippen LogP contribution in [0.3, 0.4) is 0 Å². The van der Waals surface area contributed by atoms with Gasteiger partial charge in [0.1, 0.15) is 5.82 Å². The Balaban J connectivity index is 2.71. The quantitative estimate of drug-likeness (QED) is 0.827. The topological polar surface area (TPSA) is 71.1 Å². The van der Waals surface area contributed by atoms with Crippen LogP contribution in [-0.4, -0.2) is 40.2 Å². The normalized spacial score (nSPS) is 11.9. The number of hydrogen-bond donors (Lipinski definition) is 2. The lowest BCUT2D eigenvalue weighted by Crippen LogP contribution is -2.28. The minimum absolute atomic E-state index is 0.285. The number of rotatable bonds is 6. The Morgan fingerprint density at radius 2 is 2.28 bits per heavy atom. The highest BCUT2D eigenvalue weighted by molar-refractivity contribution is 7.84. The molecule has 1 atom stereocenters. The summed E-state index contributed by atoms with van der Waals surface area (Å²) in [6.07, 6.45) is 3.03. The number of carbonyl (C=O) groups excluding carboxylic acids is 1. The average Bonchev–Trinajstić information content (AvgIpc) is 2.31. The summed E-state index contributed by atoms with van der Waals surface area (Å²) in [7, 11) is -0.924. The van der Waals surface area contributed by atoms with Crippen molar-refractivity contribution in [3.05, 3.63) is 22.8 Å². The van der Waals surface area contributed by atoms with E-state index >= 15 is 0 Å². The van der Waals surface area contributed by atoms with Gasteiger partial charge in [-0.3, -0.25) is 9.00 Å². The van der Waals surface area contributed by atoms with E-state index in [1.807, 2.05) is 6.92 Å². The summed E-state index contributed by atoms with van der Waals surface area (Å²) in [5.74, 6) is 0.743. The van der Waals surface area contributed by atoms with Crippen LogP contribution >= 0.6 is 11.6 Å². The third-order valence-corrected chi connectivity index (χ3v) is 3.21. The Kier molecular flexibility index (Phi) is 6.07. The maximum absolute atomic E-state index is 11.9. The molecule has 0 radical (unpaired) electrons. The van der Waals surface area contributed by atoms with E-state index in [2.05, 4.69) is 15.6 Å². The predicted octanol–water partition coefficient (Wildman–Crippen LogP) is 1.28. The molecule has 1 aromatic rings.